The van der Waals surface area contributed by atoms with Crippen LogP contribution in [0.15, 0.2) is 24.3 Å². The van der Waals surface area contributed by atoms with E-state index in [1.165, 1.54) is 7.11 Å². The highest BCUT2D eigenvalue weighted by Crippen LogP contribution is 2.14. The van der Waals surface area contributed by atoms with Gasteiger partial charge in [-0.2, -0.15) is 0 Å². The first-order valence-corrected chi connectivity index (χ1v) is 7.58. The minimum atomic E-state index is -0.386. The molecule has 6 heteroatoms. The van der Waals surface area contributed by atoms with Crippen molar-refractivity contribution >= 4 is 17.7 Å². The Labute approximate surface area is 136 Å². The molecule has 0 aromatic heterocycles. The van der Waals surface area contributed by atoms with Gasteiger partial charge in [-0.15, -0.1) is 0 Å². The molecule has 0 aliphatic heterocycles. The van der Waals surface area contributed by atoms with Gasteiger partial charge in [0.2, 0.25) is 5.91 Å². The largest absolute Gasteiger partial charge is 0.494 e. The molecule has 0 saturated heterocycles. The second-order valence-corrected chi connectivity index (χ2v) is 5.13. The standard InChI is InChI=1S/C17H23NO5/c1-4-23-14-7-5-13(6-8-14)15(19)9-10-16(20)18-12(2)11-17(21)22-3/h5-8,12H,4,9-11H2,1-3H3,(H,18,20)/t12-/m1/s1. The number of ether oxygens (including phenoxy) is 2. The Morgan fingerprint density at radius 3 is 2.35 bits per heavy atom. The Hall–Kier alpha value is -2.37. The van der Waals surface area contributed by atoms with Crippen molar-refractivity contribution in [2.75, 3.05) is 13.7 Å². The van der Waals surface area contributed by atoms with Crippen molar-refractivity contribution in [2.24, 2.45) is 0 Å². The van der Waals surface area contributed by atoms with Crippen LogP contribution in [0.1, 0.15) is 43.5 Å². The van der Waals surface area contributed by atoms with E-state index < -0.39 is 0 Å². The summed E-state index contributed by atoms with van der Waals surface area (Å²) in [5.41, 5.74) is 0.545. The molecule has 1 N–H and O–H groups in total. The Morgan fingerprint density at radius 2 is 1.78 bits per heavy atom. The number of hydrogen-bond donors (Lipinski definition) is 1. The maximum Gasteiger partial charge on any atom is 0.307 e. The topological polar surface area (TPSA) is 81.7 Å². The Balaban J connectivity index is 2.40. The zero-order valence-corrected chi connectivity index (χ0v) is 13.8. The fraction of sp³-hybridized carbons (Fsp3) is 0.471. The number of hydrogen-bond acceptors (Lipinski definition) is 5. The molecule has 0 saturated carbocycles. The second kappa shape index (κ2) is 9.61. The molecule has 0 heterocycles. The van der Waals surface area contributed by atoms with Gasteiger partial charge in [0.1, 0.15) is 5.75 Å². The first-order chi connectivity index (χ1) is 11.0. The Bertz CT molecular complexity index is 538. The van der Waals surface area contributed by atoms with E-state index in [0.717, 1.165) is 0 Å². The summed E-state index contributed by atoms with van der Waals surface area (Å²) in [7, 11) is 1.30. The van der Waals surface area contributed by atoms with Crippen molar-refractivity contribution < 1.29 is 23.9 Å². The molecule has 6 nitrogen and oxygen atoms in total. The minimum Gasteiger partial charge on any atom is -0.494 e. The number of esters is 1. The monoisotopic (exact) mass is 321 g/mol. The smallest absolute Gasteiger partial charge is 0.307 e. The van der Waals surface area contributed by atoms with Gasteiger partial charge in [0.25, 0.3) is 0 Å². The Kier molecular flexibility index (Phi) is 7.80. The highest BCUT2D eigenvalue weighted by atomic mass is 16.5. The number of methoxy groups -OCH3 is 1. The van der Waals surface area contributed by atoms with Crippen LogP contribution in [-0.2, 0) is 14.3 Å². The highest BCUT2D eigenvalue weighted by Gasteiger charge is 2.14. The predicted molar refractivity (Wildman–Crippen MR) is 85.4 cm³/mol. The van der Waals surface area contributed by atoms with Crippen molar-refractivity contribution in [1.29, 1.82) is 0 Å². The van der Waals surface area contributed by atoms with Crippen LogP contribution in [0.3, 0.4) is 0 Å². The third-order valence-electron chi connectivity index (χ3n) is 3.17. The average molecular weight is 321 g/mol. The van der Waals surface area contributed by atoms with Crippen molar-refractivity contribution in [3.8, 4) is 5.75 Å². The summed E-state index contributed by atoms with van der Waals surface area (Å²) in [6.45, 7) is 4.17. The van der Waals surface area contributed by atoms with Gasteiger partial charge in [-0.3, -0.25) is 14.4 Å². The zero-order chi connectivity index (χ0) is 17.2. The van der Waals surface area contributed by atoms with Crippen molar-refractivity contribution in [2.45, 2.75) is 39.2 Å². The van der Waals surface area contributed by atoms with Crippen molar-refractivity contribution in [3.05, 3.63) is 29.8 Å². The van der Waals surface area contributed by atoms with E-state index in [1.807, 2.05) is 6.92 Å². The number of Topliss-reactive ketones (excluding diaryl/α,β-unsaturated/α-hetero) is 1. The van der Waals surface area contributed by atoms with Gasteiger partial charge in [0.15, 0.2) is 5.78 Å². The molecule has 0 radical (unpaired) electrons. The van der Waals surface area contributed by atoms with Crippen LogP contribution in [0.2, 0.25) is 0 Å². The quantitative estimate of drug-likeness (QED) is 0.556. The lowest BCUT2D eigenvalue weighted by molar-refractivity contribution is -0.141. The van der Waals surface area contributed by atoms with Gasteiger partial charge in [0, 0.05) is 24.4 Å². The SMILES string of the molecule is CCOc1ccc(C(=O)CCC(=O)N[C@H](C)CC(=O)OC)cc1. The number of ketones is 1. The number of rotatable bonds is 9. The van der Waals surface area contributed by atoms with Crippen LogP contribution in [-0.4, -0.2) is 37.4 Å². The van der Waals surface area contributed by atoms with Gasteiger partial charge in [0.05, 0.1) is 20.1 Å². The van der Waals surface area contributed by atoms with E-state index in [2.05, 4.69) is 10.1 Å². The van der Waals surface area contributed by atoms with Crippen LogP contribution in [0.25, 0.3) is 0 Å². The summed E-state index contributed by atoms with van der Waals surface area (Å²) >= 11 is 0. The van der Waals surface area contributed by atoms with E-state index in [0.29, 0.717) is 17.9 Å². The third kappa shape index (κ3) is 6.95. The molecule has 1 aromatic carbocycles. The van der Waals surface area contributed by atoms with Crippen LogP contribution in [0, 0.1) is 0 Å². The van der Waals surface area contributed by atoms with Crippen LogP contribution in [0.5, 0.6) is 5.75 Å². The number of benzene rings is 1. The normalized spacial score (nSPS) is 11.4. The molecule has 0 spiro atoms. The molecule has 0 fully saturated rings. The third-order valence-corrected chi connectivity index (χ3v) is 3.17. The maximum atomic E-state index is 12.0. The van der Waals surface area contributed by atoms with Gasteiger partial charge in [-0.1, -0.05) is 0 Å². The lowest BCUT2D eigenvalue weighted by Gasteiger charge is -2.12. The summed E-state index contributed by atoms with van der Waals surface area (Å²) in [6, 6.07) is 6.51. The zero-order valence-electron chi connectivity index (χ0n) is 13.8. The summed E-state index contributed by atoms with van der Waals surface area (Å²) in [5.74, 6) is -0.0498. The summed E-state index contributed by atoms with van der Waals surface area (Å²) in [6.07, 6.45) is 0.303. The predicted octanol–water partition coefficient (Wildman–Crippen LogP) is 2.12. The lowest BCUT2D eigenvalue weighted by atomic mass is 10.1. The number of carbonyl (C=O) groups is 3. The fourth-order valence-corrected chi connectivity index (χ4v) is 2.01. The summed E-state index contributed by atoms with van der Waals surface area (Å²) in [5, 5.41) is 2.67. The minimum absolute atomic E-state index is 0.0809. The van der Waals surface area contributed by atoms with Gasteiger partial charge >= 0.3 is 5.97 Å². The van der Waals surface area contributed by atoms with Gasteiger partial charge in [-0.25, -0.2) is 0 Å². The van der Waals surface area contributed by atoms with Gasteiger partial charge in [-0.05, 0) is 38.1 Å². The number of nitrogens with one attached hydrogen (secondary N) is 1. The molecule has 126 valence electrons. The van der Waals surface area contributed by atoms with Crippen molar-refractivity contribution in [1.82, 2.24) is 5.32 Å². The molecule has 0 aliphatic rings. The molecular formula is C17H23NO5. The van der Waals surface area contributed by atoms with E-state index in [1.54, 1.807) is 31.2 Å². The van der Waals surface area contributed by atoms with Crippen LogP contribution < -0.4 is 10.1 Å². The first-order valence-electron chi connectivity index (χ1n) is 7.58. The van der Waals surface area contributed by atoms with Crippen molar-refractivity contribution in [3.63, 3.8) is 0 Å². The van der Waals surface area contributed by atoms with Gasteiger partial charge < -0.3 is 14.8 Å². The summed E-state index contributed by atoms with van der Waals surface area (Å²) < 4.78 is 9.84. The highest BCUT2D eigenvalue weighted by molar-refractivity contribution is 5.98. The maximum absolute atomic E-state index is 12.0. The average Bonchev–Trinajstić information content (AvgIpc) is 2.53. The molecule has 1 atom stereocenters. The molecule has 1 amide bonds. The number of amides is 1. The van der Waals surface area contributed by atoms with E-state index in [4.69, 9.17) is 4.74 Å². The summed E-state index contributed by atoms with van der Waals surface area (Å²) in [4.78, 5) is 34.9. The van der Waals surface area contributed by atoms with Crippen LogP contribution >= 0.6 is 0 Å². The van der Waals surface area contributed by atoms with Crippen LogP contribution in [0.4, 0.5) is 0 Å². The molecule has 0 bridgehead atoms. The van der Waals surface area contributed by atoms with E-state index in [-0.39, 0.29) is 43.0 Å². The second-order valence-electron chi connectivity index (χ2n) is 5.13. The molecule has 0 unspecified atom stereocenters. The molecular weight excluding hydrogens is 298 g/mol. The first kappa shape index (κ1) is 18.7. The molecule has 1 rings (SSSR count). The molecule has 0 aliphatic carbocycles. The Morgan fingerprint density at radius 1 is 1.13 bits per heavy atom. The fourth-order valence-electron chi connectivity index (χ4n) is 2.01. The lowest BCUT2D eigenvalue weighted by Crippen LogP contribution is -2.34. The molecule has 23 heavy (non-hydrogen) atoms. The van der Waals surface area contributed by atoms with E-state index >= 15 is 0 Å². The van der Waals surface area contributed by atoms with E-state index in [9.17, 15) is 14.4 Å². The number of carbonyl (C=O) groups excluding carboxylic acids is 3. The molecule has 1 aromatic rings.